The molecule has 2 rings (SSSR count). The number of hydrogen-bond donors (Lipinski definition) is 1. The number of piperidine rings is 1. The molecule has 1 fully saturated rings. The number of hydrogen-bond acceptors (Lipinski definition) is 3. The Bertz CT molecular complexity index is 510. The van der Waals surface area contributed by atoms with E-state index in [2.05, 4.69) is 10.2 Å². The van der Waals surface area contributed by atoms with E-state index in [1.54, 1.807) is 0 Å². The topological polar surface area (TPSA) is 41.6 Å². The Hall–Kier alpha value is -1.55. The Morgan fingerprint density at radius 1 is 1.26 bits per heavy atom. The van der Waals surface area contributed by atoms with Crippen LogP contribution in [-0.2, 0) is 4.79 Å². The van der Waals surface area contributed by atoms with Crippen LogP contribution < -0.4 is 10.1 Å². The third kappa shape index (κ3) is 5.54. The minimum atomic E-state index is -0.467. The highest BCUT2D eigenvalue weighted by Crippen LogP contribution is 2.21. The quantitative estimate of drug-likeness (QED) is 0.786. The van der Waals surface area contributed by atoms with Gasteiger partial charge < -0.3 is 15.0 Å². The molecule has 4 heteroatoms. The van der Waals surface area contributed by atoms with Gasteiger partial charge in [-0.2, -0.15) is 0 Å². The summed E-state index contributed by atoms with van der Waals surface area (Å²) in [7, 11) is 0. The van der Waals surface area contributed by atoms with Crippen LogP contribution in [0.4, 0.5) is 0 Å². The van der Waals surface area contributed by atoms with Crippen LogP contribution in [0.15, 0.2) is 18.2 Å². The summed E-state index contributed by atoms with van der Waals surface area (Å²) in [6, 6.07) is 5.93. The Kier molecular flexibility index (Phi) is 6.90. The van der Waals surface area contributed by atoms with Gasteiger partial charge in [-0.25, -0.2) is 0 Å². The molecule has 1 aliphatic rings. The van der Waals surface area contributed by atoms with Gasteiger partial charge in [-0.15, -0.1) is 0 Å². The average Bonchev–Trinajstić information content (AvgIpc) is 2.56. The fraction of sp³-hybridized carbons (Fsp3) is 0.632. The number of aryl methyl sites for hydroxylation is 1. The molecule has 23 heavy (non-hydrogen) atoms. The fourth-order valence-corrected chi connectivity index (χ4v) is 2.94. The maximum absolute atomic E-state index is 12.1. The predicted octanol–water partition coefficient (Wildman–Crippen LogP) is 3.06. The lowest BCUT2D eigenvalue weighted by Crippen LogP contribution is -2.38. The van der Waals surface area contributed by atoms with Gasteiger partial charge in [0.15, 0.2) is 6.10 Å². The van der Waals surface area contributed by atoms with E-state index in [4.69, 9.17) is 4.74 Å². The van der Waals surface area contributed by atoms with Crippen LogP contribution in [0, 0.1) is 13.8 Å². The summed E-state index contributed by atoms with van der Waals surface area (Å²) >= 11 is 0. The maximum Gasteiger partial charge on any atom is 0.260 e. The van der Waals surface area contributed by atoms with Crippen molar-refractivity contribution >= 4 is 5.91 Å². The van der Waals surface area contributed by atoms with Crippen LogP contribution in [0.25, 0.3) is 0 Å². The number of rotatable bonds is 7. The molecule has 1 atom stereocenters. The first-order valence-electron chi connectivity index (χ1n) is 8.81. The first-order valence-corrected chi connectivity index (χ1v) is 8.81. The summed E-state index contributed by atoms with van der Waals surface area (Å²) in [6.07, 6.45) is 4.52. The molecule has 1 aromatic rings. The number of nitrogens with one attached hydrogen (secondary N) is 1. The van der Waals surface area contributed by atoms with Crippen molar-refractivity contribution in [2.45, 2.75) is 52.6 Å². The molecule has 1 saturated heterocycles. The highest BCUT2D eigenvalue weighted by atomic mass is 16.5. The van der Waals surface area contributed by atoms with E-state index in [0.717, 1.165) is 30.8 Å². The minimum absolute atomic E-state index is 0.0375. The number of benzene rings is 1. The largest absolute Gasteiger partial charge is 0.481 e. The second-order valence-electron chi connectivity index (χ2n) is 6.51. The Morgan fingerprint density at radius 2 is 2.00 bits per heavy atom. The predicted molar refractivity (Wildman–Crippen MR) is 93.9 cm³/mol. The molecule has 1 N–H and O–H groups in total. The third-order valence-corrected chi connectivity index (χ3v) is 4.63. The number of amides is 1. The number of likely N-dealkylation sites (tertiary alicyclic amines) is 1. The van der Waals surface area contributed by atoms with Gasteiger partial charge in [0.1, 0.15) is 5.75 Å². The molecule has 128 valence electrons. The van der Waals surface area contributed by atoms with E-state index >= 15 is 0 Å². The fourth-order valence-electron chi connectivity index (χ4n) is 2.94. The van der Waals surface area contributed by atoms with Crippen LogP contribution in [0.3, 0.4) is 0 Å². The van der Waals surface area contributed by atoms with Crippen LogP contribution in [0.2, 0.25) is 0 Å². The highest BCUT2D eigenvalue weighted by Gasteiger charge is 2.16. The zero-order valence-corrected chi connectivity index (χ0v) is 14.7. The first kappa shape index (κ1) is 17.8. The van der Waals surface area contributed by atoms with E-state index in [9.17, 15) is 4.79 Å². The van der Waals surface area contributed by atoms with Crippen molar-refractivity contribution in [3.8, 4) is 5.75 Å². The normalized spacial score (nSPS) is 16.8. The van der Waals surface area contributed by atoms with Gasteiger partial charge in [-0.1, -0.05) is 18.6 Å². The number of ether oxygens (including phenoxy) is 1. The Balaban J connectivity index is 1.69. The van der Waals surface area contributed by atoms with E-state index < -0.39 is 6.10 Å². The summed E-state index contributed by atoms with van der Waals surface area (Å²) in [4.78, 5) is 14.6. The number of carbonyl (C=O) groups is 1. The molecule has 0 saturated carbocycles. The lowest BCUT2D eigenvalue weighted by Gasteiger charge is -2.26. The van der Waals surface area contributed by atoms with E-state index in [1.807, 2.05) is 39.0 Å². The molecular weight excluding hydrogens is 288 g/mol. The van der Waals surface area contributed by atoms with Crippen molar-refractivity contribution in [3.63, 3.8) is 0 Å². The minimum Gasteiger partial charge on any atom is -0.481 e. The molecule has 1 aromatic carbocycles. The molecule has 0 aliphatic carbocycles. The lowest BCUT2D eigenvalue weighted by molar-refractivity contribution is -0.127. The second kappa shape index (κ2) is 8.92. The van der Waals surface area contributed by atoms with Gasteiger partial charge in [-0.05, 0) is 76.9 Å². The van der Waals surface area contributed by atoms with Crippen LogP contribution in [0.5, 0.6) is 5.75 Å². The van der Waals surface area contributed by atoms with Gasteiger partial charge in [0.2, 0.25) is 0 Å². The second-order valence-corrected chi connectivity index (χ2v) is 6.51. The van der Waals surface area contributed by atoms with Gasteiger partial charge >= 0.3 is 0 Å². The van der Waals surface area contributed by atoms with Gasteiger partial charge in [-0.3, -0.25) is 4.79 Å². The van der Waals surface area contributed by atoms with Crippen molar-refractivity contribution in [2.24, 2.45) is 0 Å². The van der Waals surface area contributed by atoms with Crippen LogP contribution >= 0.6 is 0 Å². The summed E-state index contributed by atoms with van der Waals surface area (Å²) in [5.41, 5.74) is 2.27. The zero-order chi connectivity index (χ0) is 16.7. The van der Waals surface area contributed by atoms with E-state index in [-0.39, 0.29) is 5.91 Å². The highest BCUT2D eigenvalue weighted by molar-refractivity contribution is 5.80. The molecule has 0 aromatic heterocycles. The monoisotopic (exact) mass is 318 g/mol. The SMILES string of the molecule is Cc1cccc(O[C@H](C)C(=O)NCCCN2CCCCC2)c1C. The van der Waals surface area contributed by atoms with Crippen molar-refractivity contribution in [1.82, 2.24) is 10.2 Å². The molecule has 0 spiro atoms. The van der Waals surface area contributed by atoms with Crippen molar-refractivity contribution in [1.29, 1.82) is 0 Å². The van der Waals surface area contributed by atoms with Gasteiger partial charge in [0.25, 0.3) is 5.91 Å². The van der Waals surface area contributed by atoms with Crippen molar-refractivity contribution < 1.29 is 9.53 Å². The third-order valence-electron chi connectivity index (χ3n) is 4.63. The number of nitrogens with zero attached hydrogens (tertiary/aromatic N) is 1. The summed E-state index contributed by atoms with van der Waals surface area (Å²) in [5.74, 6) is 0.755. The van der Waals surface area contributed by atoms with E-state index in [0.29, 0.717) is 0 Å². The van der Waals surface area contributed by atoms with Gasteiger partial charge in [0, 0.05) is 6.54 Å². The standard InChI is InChI=1S/C19H30N2O2/c1-15-9-7-10-18(16(15)2)23-17(3)19(22)20-11-8-14-21-12-5-4-6-13-21/h7,9-10,17H,4-6,8,11-14H2,1-3H3,(H,20,22)/t17-/m1/s1. The smallest absolute Gasteiger partial charge is 0.260 e. The Labute approximate surface area is 140 Å². The molecule has 1 heterocycles. The molecule has 0 bridgehead atoms. The molecule has 1 amide bonds. The number of carbonyl (C=O) groups excluding carboxylic acids is 1. The molecule has 0 radical (unpaired) electrons. The summed E-state index contributed by atoms with van der Waals surface area (Å²) in [5, 5.41) is 2.99. The van der Waals surface area contributed by atoms with Crippen molar-refractivity contribution in [2.75, 3.05) is 26.2 Å². The molecule has 4 nitrogen and oxygen atoms in total. The zero-order valence-electron chi connectivity index (χ0n) is 14.7. The Morgan fingerprint density at radius 3 is 2.74 bits per heavy atom. The lowest BCUT2D eigenvalue weighted by atomic mass is 10.1. The van der Waals surface area contributed by atoms with Crippen molar-refractivity contribution in [3.05, 3.63) is 29.3 Å². The molecule has 0 unspecified atom stereocenters. The first-order chi connectivity index (χ1) is 11.1. The molecule has 1 aliphatic heterocycles. The van der Waals surface area contributed by atoms with Gasteiger partial charge in [0.05, 0.1) is 0 Å². The maximum atomic E-state index is 12.1. The van der Waals surface area contributed by atoms with Crippen LogP contribution in [0.1, 0.15) is 43.7 Å². The molecular formula is C19H30N2O2. The van der Waals surface area contributed by atoms with Crippen LogP contribution in [-0.4, -0.2) is 43.1 Å². The average molecular weight is 318 g/mol. The van der Waals surface area contributed by atoms with E-state index in [1.165, 1.54) is 37.9 Å². The summed E-state index contributed by atoms with van der Waals surface area (Å²) < 4.78 is 5.81. The summed E-state index contributed by atoms with van der Waals surface area (Å²) in [6.45, 7) is 10.1.